The minimum atomic E-state index is -0.397. The van der Waals surface area contributed by atoms with Crippen molar-refractivity contribution in [2.45, 2.75) is 18.8 Å². The number of amides is 1. The molecular weight excluding hydrogens is 328 g/mol. The summed E-state index contributed by atoms with van der Waals surface area (Å²) in [5.41, 5.74) is 8.01. The van der Waals surface area contributed by atoms with Gasteiger partial charge in [0.05, 0.1) is 7.11 Å². The van der Waals surface area contributed by atoms with Gasteiger partial charge < -0.3 is 15.4 Å². The summed E-state index contributed by atoms with van der Waals surface area (Å²) in [6.07, 6.45) is 0.182. The normalized spacial score (nSPS) is 20.3. The van der Waals surface area contributed by atoms with E-state index in [1.54, 1.807) is 19.2 Å². The average molecular weight is 347 g/mol. The van der Waals surface area contributed by atoms with Crippen LogP contribution in [0.25, 0.3) is 0 Å². The molecule has 2 aromatic rings. The van der Waals surface area contributed by atoms with E-state index in [0.29, 0.717) is 11.4 Å². The van der Waals surface area contributed by atoms with Gasteiger partial charge in [-0.2, -0.15) is 0 Å². The molecule has 24 heavy (non-hydrogen) atoms. The Labute approximate surface area is 145 Å². The maximum Gasteiger partial charge on any atom is 0.241 e. The molecule has 1 saturated heterocycles. The van der Waals surface area contributed by atoms with Crippen LogP contribution in [0, 0.1) is 0 Å². The Hall–Kier alpha value is -2.28. The molecule has 0 spiro atoms. The van der Waals surface area contributed by atoms with Crippen molar-refractivity contribution in [2.75, 3.05) is 12.4 Å². The summed E-state index contributed by atoms with van der Waals surface area (Å²) >= 11 is 5.86. The van der Waals surface area contributed by atoms with E-state index >= 15 is 0 Å². The number of carbonyl (C=O) groups is 1. The van der Waals surface area contributed by atoms with Gasteiger partial charge in [0.15, 0.2) is 6.29 Å². The van der Waals surface area contributed by atoms with Gasteiger partial charge in [-0.05, 0) is 48.4 Å². The second kappa shape index (κ2) is 7.53. The van der Waals surface area contributed by atoms with Crippen molar-refractivity contribution in [3.05, 3.63) is 59.1 Å². The van der Waals surface area contributed by atoms with Crippen LogP contribution in [0.4, 0.5) is 5.69 Å². The number of hydrogen-bond acceptors (Lipinski definition) is 5. The summed E-state index contributed by atoms with van der Waals surface area (Å²) in [7, 11) is 1.63. The number of ether oxygens (including phenoxy) is 1. The average Bonchev–Trinajstić information content (AvgIpc) is 2.60. The molecule has 1 heterocycles. The topological polar surface area (TPSA) is 74.4 Å². The lowest BCUT2D eigenvalue weighted by Gasteiger charge is -2.32. The molecule has 6 nitrogen and oxygen atoms in total. The number of hydrazine groups is 1. The van der Waals surface area contributed by atoms with E-state index in [2.05, 4.69) is 21.5 Å². The highest BCUT2D eigenvalue weighted by Crippen LogP contribution is 2.15. The first-order valence-corrected chi connectivity index (χ1v) is 7.98. The zero-order valence-electron chi connectivity index (χ0n) is 13.2. The Morgan fingerprint density at radius 1 is 1.08 bits per heavy atom. The number of hydrogen-bond donors (Lipinski definition) is 4. The number of nitrogens with one attached hydrogen (secondary N) is 4. The summed E-state index contributed by atoms with van der Waals surface area (Å²) < 4.78 is 5.13. The molecule has 126 valence electrons. The highest BCUT2D eigenvalue weighted by molar-refractivity contribution is 6.30. The molecule has 2 unspecified atom stereocenters. The van der Waals surface area contributed by atoms with Crippen LogP contribution in [0.1, 0.15) is 5.56 Å². The highest BCUT2D eigenvalue weighted by atomic mass is 35.5. The molecule has 1 amide bonds. The molecule has 0 aliphatic carbocycles. The maximum atomic E-state index is 12.3. The van der Waals surface area contributed by atoms with Gasteiger partial charge in [-0.25, -0.2) is 10.9 Å². The minimum Gasteiger partial charge on any atom is -0.497 e. The van der Waals surface area contributed by atoms with Gasteiger partial charge in [-0.15, -0.1) is 0 Å². The third-order valence-corrected chi connectivity index (χ3v) is 4.01. The van der Waals surface area contributed by atoms with Gasteiger partial charge in [0.25, 0.3) is 0 Å². The molecule has 1 aliphatic heterocycles. The number of anilines is 1. The fourth-order valence-electron chi connectivity index (χ4n) is 2.45. The lowest BCUT2D eigenvalue weighted by molar-refractivity contribution is -0.126. The molecule has 0 aromatic heterocycles. The Morgan fingerprint density at radius 2 is 1.79 bits per heavy atom. The number of carbonyl (C=O) groups excluding carboxylic acids is 1. The van der Waals surface area contributed by atoms with E-state index in [-0.39, 0.29) is 11.9 Å². The maximum absolute atomic E-state index is 12.3. The second-order valence-electron chi connectivity index (χ2n) is 5.49. The van der Waals surface area contributed by atoms with Crippen molar-refractivity contribution in [3.8, 4) is 5.75 Å². The standard InChI is InChI=1S/C17H19ClN4O2/c1-24-14-8-2-11(3-9-14)10-15-16(23)20-17(22-21-15)19-13-6-4-12(18)5-7-13/h2-9,15,17,19,21-22H,10H2,1H3,(H,20,23). The van der Waals surface area contributed by atoms with Gasteiger partial charge in [-0.1, -0.05) is 23.7 Å². The van der Waals surface area contributed by atoms with Crippen LogP contribution in [-0.2, 0) is 11.2 Å². The largest absolute Gasteiger partial charge is 0.497 e. The Balaban J connectivity index is 1.54. The molecule has 1 aliphatic rings. The quantitative estimate of drug-likeness (QED) is 0.665. The van der Waals surface area contributed by atoms with Gasteiger partial charge in [0.1, 0.15) is 11.8 Å². The van der Waals surface area contributed by atoms with E-state index in [1.165, 1.54) is 0 Å². The van der Waals surface area contributed by atoms with Crippen LogP contribution in [0.5, 0.6) is 5.75 Å². The minimum absolute atomic E-state index is 0.0731. The summed E-state index contributed by atoms with van der Waals surface area (Å²) in [5, 5.41) is 6.71. The lowest BCUT2D eigenvalue weighted by Crippen LogP contribution is -2.68. The van der Waals surface area contributed by atoms with Crippen molar-refractivity contribution in [1.82, 2.24) is 16.2 Å². The SMILES string of the molecule is COc1ccc(CC2NNC(Nc3ccc(Cl)cc3)NC2=O)cc1. The molecule has 7 heteroatoms. The summed E-state index contributed by atoms with van der Waals surface area (Å²) in [6.45, 7) is 0. The zero-order chi connectivity index (χ0) is 16.9. The third-order valence-electron chi connectivity index (χ3n) is 3.76. The summed E-state index contributed by atoms with van der Waals surface area (Å²) in [4.78, 5) is 12.3. The second-order valence-corrected chi connectivity index (χ2v) is 5.92. The molecule has 0 saturated carbocycles. The Bertz CT molecular complexity index is 691. The van der Waals surface area contributed by atoms with Crippen LogP contribution < -0.4 is 26.2 Å². The predicted molar refractivity (Wildman–Crippen MR) is 93.8 cm³/mol. The predicted octanol–water partition coefficient (Wildman–Crippen LogP) is 1.88. The van der Waals surface area contributed by atoms with Crippen LogP contribution >= 0.6 is 11.6 Å². The van der Waals surface area contributed by atoms with Gasteiger partial charge in [-0.3, -0.25) is 4.79 Å². The summed E-state index contributed by atoms with van der Waals surface area (Å²) in [5.74, 6) is 0.723. The monoisotopic (exact) mass is 346 g/mol. The van der Waals surface area contributed by atoms with E-state index in [0.717, 1.165) is 17.0 Å². The Morgan fingerprint density at radius 3 is 2.42 bits per heavy atom. The van der Waals surface area contributed by atoms with Crippen LogP contribution in [0.3, 0.4) is 0 Å². The van der Waals surface area contributed by atoms with Gasteiger partial charge >= 0.3 is 0 Å². The van der Waals surface area contributed by atoms with E-state index < -0.39 is 6.29 Å². The molecular formula is C17H19ClN4O2. The Kier molecular flexibility index (Phi) is 5.20. The fourth-order valence-corrected chi connectivity index (χ4v) is 2.58. The van der Waals surface area contributed by atoms with Crippen molar-refractivity contribution in [2.24, 2.45) is 0 Å². The van der Waals surface area contributed by atoms with Crippen LogP contribution in [0.15, 0.2) is 48.5 Å². The number of methoxy groups -OCH3 is 1. The van der Waals surface area contributed by atoms with Crippen molar-refractivity contribution < 1.29 is 9.53 Å². The number of halogens is 1. The first kappa shape index (κ1) is 16.6. The number of benzene rings is 2. The highest BCUT2D eigenvalue weighted by Gasteiger charge is 2.27. The molecule has 0 radical (unpaired) electrons. The van der Waals surface area contributed by atoms with Crippen molar-refractivity contribution in [1.29, 1.82) is 0 Å². The van der Waals surface area contributed by atoms with Crippen LogP contribution in [0.2, 0.25) is 5.02 Å². The summed E-state index contributed by atoms with van der Waals surface area (Å²) in [6, 6.07) is 14.6. The lowest BCUT2D eigenvalue weighted by atomic mass is 10.1. The smallest absolute Gasteiger partial charge is 0.241 e. The van der Waals surface area contributed by atoms with Gasteiger partial charge in [0, 0.05) is 10.7 Å². The molecule has 2 atom stereocenters. The molecule has 0 bridgehead atoms. The van der Waals surface area contributed by atoms with Gasteiger partial charge in [0.2, 0.25) is 5.91 Å². The van der Waals surface area contributed by atoms with Crippen molar-refractivity contribution >= 4 is 23.2 Å². The van der Waals surface area contributed by atoms with E-state index in [1.807, 2.05) is 36.4 Å². The molecule has 4 N–H and O–H groups in total. The van der Waals surface area contributed by atoms with Crippen LogP contribution in [-0.4, -0.2) is 25.3 Å². The van der Waals surface area contributed by atoms with E-state index in [4.69, 9.17) is 16.3 Å². The number of rotatable bonds is 5. The third kappa shape index (κ3) is 4.17. The molecule has 1 fully saturated rings. The fraction of sp³-hybridized carbons (Fsp3) is 0.235. The van der Waals surface area contributed by atoms with Crippen molar-refractivity contribution in [3.63, 3.8) is 0 Å². The van der Waals surface area contributed by atoms with E-state index in [9.17, 15) is 4.79 Å². The zero-order valence-corrected chi connectivity index (χ0v) is 13.9. The molecule has 3 rings (SSSR count). The first-order chi connectivity index (χ1) is 11.6. The molecule has 2 aromatic carbocycles. The first-order valence-electron chi connectivity index (χ1n) is 7.60.